The zero-order chi connectivity index (χ0) is 14.5. The third-order valence-corrected chi connectivity index (χ3v) is 3.51. The SMILES string of the molecule is Oc1cccc([C@@H](O)CNCc2ccc(Cl)cc2Cl)c1. The molecular formula is C15H15Cl2NO2. The van der Waals surface area contributed by atoms with Gasteiger partial charge in [-0.25, -0.2) is 0 Å². The number of rotatable bonds is 5. The van der Waals surface area contributed by atoms with E-state index in [2.05, 4.69) is 5.32 Å². The normalized spacial score (nSPS) is 12.3. The topological polar surface area (TPSA) is 52.5 Å². The second-order valence-electron chi connectivity index (χ2n) is 4.48. The average molecular weight is 312 g/mol. The predicted molar refractivity (Wildman–Crippen MR) is 81.2 cm³/mol. The van der Waals surface area contributed by atoms with Crippen molar-refractivity contribution >= 4 is 23.2 Å². The molecule has 0 aliphatic rings. The Morgan fingerprint density at radius 2 is 1.90 bits per heavy atom. The minimum Gasteiger partial charge on any atom is -0.508 e. The zero-order valence-corrected chi connectivity index (χ0v) is 12.2. The molecule has 0 aliphatic carbocycles. The molecule has 3 N–H and O–H groups in total. The quantitative estimate of drug-likeness (QED) is 0.792. The Bertz CT molecular complexity index is 590. The van der Waals surface area contributed by atoms with Crippen LogP contribution in [0.1, 0.15) is 17.2 Å². The summed E-state index contributed by atoms with van der Waals surface area (Å²) < 4.78 is 0. The van der Waals surface area contributed by atoms with E-state index in [9.17, 15) is 10.2 Å². The smallest absolute Gasteiger partial charge is 0.115 e. The van der Waals surface area contributed by atoms with Crippen LogP contribution in [0, 0.1) is 0 Å². The van der Waals surface area contributed by atoms with Crippen LogP contribution in [0.4, 0.5) is 0 Å². The lowest BCUT2D eigenvalue weighted by atomic mass is 10.1. The van der Waals surface area contributed by atoms with E-state index in [0.29, 0.717) is 28.7 Å². The number of hydrogen-bond donors (Lipinski definition) is 3. The summed E-state index contributed by atoms with van der Waals surface area (Å²) in [6, 6.07) is 11.9. The summed E-state index contributed by atoms with van der Waals surface area (Å²) in [4.78, 5) is 0. The highest BCUT2D eigenvalue weighted by atomic mass is 35.5. The Morgan fingerprint density at radius 1 is 1.10 bits per heavy atom. The van der Waals surface area contributed by atoms with Crippen LogP contribution in [0.15, 0.2) is 42.5 Å². The number of phenolic OH excluding ortho intramolecular Hbond substituents is 1. The van der Waals surface area contributed by atoms with Gasteiger partial charge in [0.1, 0.15) is 5.75 Å². The third kappa shape index (κ3) is 4.12. The first-order valence-corrected chi connectivity index (χ1v) is 6.93. The standard InChI is InChI=1S/C15H15Cl2NO2/c16-12-5-4-11(14(17)7-12)8-18-9-15(20)10-2-1-3-13(19)6-10/h1-7,15,18-20H,8-9H2/t15-/m0/s1. The summed E-state index contributed by atoms with van der Waals surface area (Å²) in [6.45, 7) is 0.897. The molecule has 0 spiro atoms. The van der Waals surface area contributed by atoms with Crippen molar-refractivity contribution in [2.45, 2.75) is 12.6 Å². The van der Waals surface area contributed by atoms with E-state index in [1.165, 1.54) is 0 Å². The molecule has 5 heteroatoms. The van der Waals surface area contributed by atoms with Crippen LogP contribution in [0.5, 0.6) is 5.75 Å². The maximum Gasteiger partial charge on any atom is 0.115 e. The molecule has 0 amide bonds. The number of hydrogen-bond acceptors (Lipinski definition) is 3. The van der Waals surface area contributed by atoms with Crippen molar-refractivity contribution in [3.63, 3.8) is 0 Å². The number of aliphatic hydroxyl groups excluding tert-OH is 1. The highest BCUT2D eigenvalue weighted by molar-refractivity contribution is 6.35. The number of benzene rings is 2. The van der Waals surface area contributed by atoms with E-state index in [1.54, 1.807) is 36.4 Å². The lowest BCUT2D eigenvalue weighted by molar-refractivity contribution is 0.174. The molecular weight excluding hydrogens is 297 g/mol. The largest absolute Gasteiger partial charge is 0.508 e. The van der Waals surface area contributed by atoms with E-state index in [-0.39, 0.29) is 5.75 Å². The van der Waals surface area contributed by atoms with Crippen molar-refractivity contribution in [3.8, 4) is 5.75 Å². The van der Waals surface area contributed by atoms with Gasteiger partial charge in [-0.05, 0) is 35.4 Å². The Balaban J connectivity index is 1.89. The second kappa shape index (κ2) is 6.95. The molecule has 0 bridgehead atoms. The fourth-order valence-corrected chi connectivity index (χ4v) is 2.33. The predicted octanol–water partition coefficient (Wildman–Crippen LogP) is 3.52. The van der Waals surface area contributed by atoms with Crippen molar-refractivity contribution in [2.75, 3.05) is 6.54 Å². The third-order valence-electron chi connectivity index (χ3n) is 2.92. The second-order valence-corrected chi connectivity index (χ2v) is 5.32. The van der Waals surface area contributed by atoms with E-state index in [0.717, 1.165) is 5.56 Å². The van der Waals surface area contributed by atoms with Crippen molar-refractivity contribution < 1.29 is 10.2 Å². The van der Waals surface area contributed by atoms with E-state index in [1.807, 2.05) is 6.07 Å². The Labute approximate surface area is 127 Å². The number of nitrogens with one attached hydrogen (secondary N) is 1. The molecule has 0 heterocycles. The van der Waals surface area contributed by atoms with Crippen LogP contribution < -0.4 is 5.32 Å². The van der Waals surface area contributed by atoms with Crippen LogP contribution >= 0.6 is 23.2 Å². The summed E-state index contributed by atoms with van der Waals surface area (Å²) in [5.41, 5.74) is 1.58. The van der Waals surface area contributed by atoms with Crippen LogP contribution in [0.25, 0.3) is 0 Å². The van der Waals surface area contributed by atoms with Crippen molar-refractivity contribution in [1.29, 1.82) is 0 Å². The van der Waals surface area contributed by atoms with Crippen molar-refractivity contribution in [1.82, 2.24) is 5.32 Å². The van der Waals surface area contributed by atoms with Crippen LogP contribution in [-0.4, -0.2) is 16.8 Å². The molecule has 2 aromatic rings. The van der Waals surface area contributed by atoms with Gasteiger partial charge in [-0.2, -0.15) is 0 Å². The Morgan fingerprint density at radius 3 is 2.60 bits per heavy atom. The number of aromatic hydroxyl groups is 1. The first-order valence-electron chi connectivity index (χ1n) is 6.18. The molecule has 106 valence electrons. The minimum absolute atomic E-state index is 0.141. The first-order chi connectivity index (χ1) is 9.56. The van der Waals surface area contributed by atoms with Gasteiger partial charge in [0.05, 0.1) is 6.10 Å². The fourth-order valence-electron chi connectivity index (χ4n) is 1.86. The van der Waals surface area contributed by atoms with Gasteiger partial charge in [0, 0.05) is 23.1 Å². The Kier molecular flexibility index (Phi) is 5.26. The number of aliphatic hydroxyl groups is 1. The summed E-state index contributed by atoms with van der Waals surface area (Å²) >= 11 is 11.9. The van der Waals surface area contributed by atoms with Crippen molar-refractivity contribution in [3.05, 3.63) is 63.6 Å². The van der Waals surface area contributed by atoms with Gasteiger partial charge in [0.15, 0.2) is 0 Å². The molecule has 0 fully saturated rings. The number of halogens is 2. The van der Waals surface area contributed by atoms with Gasteiger partial charge in [-0.1, -0.05) is 41.4 Å². The highest BCUT2D eigenvalue weighted by Crippen LogP contribution is 2.21. The lowest BCUT2D eigenvalue weighted by Crippen LogP contribution is -2.21. The average Bonchev–Trinajstić information content (AvgIpc) is 2.41. The molecule has 20 heavy (non-hydrogen) atoms. The minimum atomic E-state index is -0.687. The maximum atomic E-state index is 10.0. The first kappa shape index (κ1) is 15.1. The van der Waals surface area contributed by atoms with Crippen molar-refractivity contribution in [2.24, 2.45) is 0 Å². The molecule has 0 unspecified atom stereocenters. The molecule has 0 saturated heterocycles. The molecule has 0 aromatic heterocycles. The summed E-state index contributed by atoms with van der Waals surface area (Å²) in [6.07, 6.45) is -0.687. The van der Waals surface area contributed by atoms with Crippen LogP contribution in [0.2, 0.25) is 10.0 Å². The van der Waals surface area contributed by atoms with Gasteiger partial charge >= 0.3 is 0 Å². The Hall–Kier alpha value is -1.26. The van der Waals surface area contributed by atoms with Crippen LogP contribution in [0.3, 0.4) is 0 Å². The summed E-state index contributed by atoms with van der Waals surface area (Å²) in [7, 11) is 0. The van der Waals surface area contributed by atoms with E-state index < -0.39 is 6.10 Å². The van der Waals surface area contributed by atoms with E-state index >= 15 is 0 Å². The van der Waals surface area contributed by atoms with Gasteiger partial charge in [0.25, 0.3) is 0 Å². The molecule has 1 atom stereocenters. The molecule has 0 aliphatic heterocycles. The highest BCUT2D eigenvalue weighted by Gasteiger charge is 2.08. The van der Waals surface area contributed by atoms with Gasteiger partial charge in [-0.15, -0.1) is 0 Å². The van der Waals surface area contributed by atoms with E-state index in [4.69, 9.17) is 23.2 Å². The van der Waals surface area contributed by atoms with Gasteiger partial charge < -0.3 is 15.5 Å². The molecule has 3 nitrogen and oxygen atoms in total. The summed E-state index contributed by atoms with van der Waals surface area (Å²) in [5.74, 6) is 0.141. The monoisotopic (exact) mass is 311 g/mol. The van der Waals surface area contributed by atoms with Gasteiger partial charge in [-0.3, -0.25) is 0 Å². The molecule has 2 aromatic carbocycles. The fraction of sp³-hybridized carbons (Fsp3) is 0.200. The molecule has 0 saturated carbocycles. The zero-order valence-electron chi connectivity index (χ0n) is 10.7. The van der Waals surface area contributed by atoms with Crippen LogP contribution in [-0.2, 0) is 6.54 Å². The number of phenols is 1. The molecule has 0 radical (unpaired) electrons. The summed E-state index contributed by atoms with van der Waals surface area (Å²) in [5, 5.41) is 23.7. The molecule has 2 rings (SSSR count). The lowest BCUT2D eigenvalue weighted by Gasteiger charge is -2.13. The van der Waals surface area contributed by atoms with Gasteiger partial charge in [0.2, 0.25) is 0 Å². The maximum absolute atomic E-state index is 10.0.